The Bertz CT molecular complexity index is 779. The average molecular weight is 268 g/mol. The maximum Gasteiger partial charge on any atom is 0.219 e. The summed E-state index contributed by atoms with van der Waals surface area (Å²) in [5.74, 6) is 0.0985. The van der Waals surface area contributed by atoms with Gasteiger partial charge < -0.3 is 10.9 Å². The van der Waals surface area contributed by atoms with E-state index in [0.29, 0.717) is 6.54 Å². The lowest BCUT2D eigenvalue weighted by molar-refractivity contribution is 0.318. The largest absolute Gasteiger partial charge is 0.409 e. The number of hydrogen-bond donors (Lipinski definition) is 2. The third kappa shape index (κ3) is 2.28. The van der Waals surface area contributed by atoms with Gasteiger partial charge in [-0.2, -0.15) is 0 Å². The Morgan fingerprint density at radius 1 is 1.30 bits per heavy atom. The van der Waals surface area contributed by atoms with Gasteiger partial charge in [-0.15, -0.1) is 5.10 Å². The van der Waals surface area contributed by atoms with Crippen LogP contribution in [-0.2, 0) is 6.54 Å². The first-order valence-corrected chi connectivity index (χ1v) is 5.97. The van der Waals surface area contributed by atoms with Crippen LogP contribution in [0.2, 0.25) is 0 Å². The van der Waals surface area contributed by atoms with Crippen molar-refractivity contribution < 1.29 is 5.21 Å². The molecule has 0 radical (unpaired) electrons. The van der Waals surface area contributed by atoms with E-state index in [1.807, 2.05) is 30.3 Å². The molecule has 0 bridgehead atoms. The number of aromatic nitrogens is 4. The molecule has 0 amide bonds. The van der Waals surface area contributed by atoms with E-state index in [9.17, 15) is 0 Å². The monoisotopic (exact) mass is 268 g/mol. The molecule has 0 aliphatic rings. The van der Waals surface area contributed by atoms with Gasteiger partial charge in [0.2, 0.25) is 11.7 Å². The van der Waals surface area contributed by atoms with Crippen LogP contribution in [0.5, 0.6) is 0 Å². The minimum atomic E-state index is -0.105. The van der Waals surface area contributed by atoms with Gasteiger partial charge in [-0.1, -0.05) is 17.3 Å². The Morgan fingerprint density at radius 2 is 2.20 bits per heavy atom. The summed E-state index contributed by atoms with van der Waals surface area (Å²) in [6.45, 7) is 0.552. The zero-order valence-corrected chi connectivity index (χ0v) is 10.5. The standard InChI is InChI=1S/C13H12N6O/c14-12(18-20)13-16-8-19(17-13)7-9-3-4-11-10(6-9)2-1-5-15-11/h1-6,8,20H,7H2,(H2,14,18). The molecule has 7 heteroatoms. The van der Waals surface area contributed by atoms with Crippen LogP contribution in [-0.4, -0.2) is 30.8 Å². The molecule has 3 rings (SSSR count). The quantitative estimate of drug-likeness (QED) is 0.319. The van der Waals surface area contributed by atoms with Crippen molar-refractivity contribution in [1.82, 2.24) is 19.7 Å². The molecule has 20 heavy (non-hydrogen) atoms. The van der Waals surface area contributed by atoms with Crippen molar-refractivity contribution in [1.29, 1.82) is 0 Å². The van der Waals surface area contributed by atoms with E-state index in [0.717, 1.165) is 16.5 Å². The number of pyridine rings is 1. The Balaban J connectivity index is 1.87. The highest BCUT2D eigenvalue weighted by Gasteiger charge is 2.06. The van der Waals surface area contributed by atoms with E-state index in [-0.39, 0.29) is 11.7 Å². The van der Waals surface area contributed by atoms with Crippen LogP contribution in [0.4, 0.5) is 0 Å². The number of benzene rings is 1. The number of amidine groups is 1. The predicted octanol–water partition coefficient (Wildman–Crippen LogP) is 0.969. The summed E-state index contributed by atoms with van der Waals surface area (Å²) in [7, 11) is 0. The van der Waals surface area contributed by atoms with Gasteiger partial charge >= 0.3 is 0 Å². The minimum absolute atomic E-state index is 0.105. The summed E-state index contributed by atoms with van der Waals surface area (Å²) in [4.78, 5) is 8.24. The third-order valence-corrected chi connectivity index (χ3v) is 2.89. The summed E-state index contributed by atoms with van der Waals surface area (Å²) in [6.07, 6.45) is 3.31. The van der Waals surface area contributed by atoms with Crippen molar-refractivity contribution in [2.45, 2.75) is 6.54 Å². The Morgan fingerprint density at radius 3 is 3.05 bits per heavy atom. The van der Waals surface area contributed by atoms with Gasteiger partial charge in [-0.3, -0.25) is 4.98 Å². The molecule has 100 valence electrons. The highest BCUT2D eigenvalue weighted by Crippen LogP contribution is 2.13. The maximum atomic E-state index is 8.57. The van der Waals surface area contributed by atoms with E-state index in [1.165, 1.54) is 0 Å². The molecular formula is C13H12N6O. The molecule has 0 saturated heterocycles. The van der Waals surface area contributed by atoms with Crippen LogP contribution in [0.1, 0.15) is 11.4 Å². The lowest BCUT2D eigenvalue weighted by atomic mass is 10.1. The van der Waals surface area contributed by atoms with Crippen molar-refractivity contribution >= 4 is 16.7 Å². The van der Waals surface area contributed by atoms with E-state index in [2.05, 4.69) is 20.2 Å². The summed E-state index contributed by atoms with van der Waals surface area (Å²) in [5, 5.41) is 16.6. The van der Waals surface area contributed by atoms with Crippen LogP contribution >= 0.6 is 0 Å². The first kappa shape index (κ1) is 12.1. The number of hydrogen-bond acceptors (Lipinski definition) is 5. The molecule has 3 aromatic rings. The van der Waals surface area contributed by atoms with Crippen LogP contribution in [0.15, 0.2) is 48.0 Å². The van der Waals surface area contributed by atoms with Crippen molar-refractivity contribution in [2.75, 3.05) is 0 Å². The molecule has 7 nitrogen and oxygen atoms in total. The summed E-state index contributed by atoms with van der Waals surface area (Å²) < 4.78 is 1.63. The van der Waals surface area contributed by atoms with Crippen molar-refractivity contribution in [3.05, 3.63) is 54.2 Å². The Labute approximate surface area is 114 Å². The summed E-state index contributed by atoms with van der Waals surface area (Å²) >= 11 is 0. The van der Waals surface area contributed by atoms with Crippen LogP contribution in [0, 0.1) is 0 Å². The number of nitrogens with zero attached hydrogens (tertiary/aromatic N) is 5. The zero-order chi connectivity index (χ0) is 13.9. The molecule has 2 aromatic heterocycles. The molecule has 0 atom stereocenters. The van der Waals surface area contributed by atoms with Gasteiger partial charge in [0.1, 0.15) is 6.33 Å². The predicted molar refractivity (Wildman–Crippen MR) is 73.4 cm³/mol. The molecule has 0 spiro atoms. The lowest BCUT2D eigenvalue weighted by Crippen LogP contribution is -2.15. The van der Waals surface area contributed by atoms with Crippen LogP contribution in [0.25, 0.3) is 10.9 Å². The normalized spacial score (nSPS) is 11.9. The van der Waals surface area contributed by atoms with Crippen molar-refractivity contribution in [3.63, 3.8) is 0 Å². The van der Waals surface area contributed by atoms with E-state index in [1.54, 1.807) is 17.2 Å². The molecule has 2 heterocycles. The highest BCUT2D eigenvalue weighted by molar-refractivity contribution is 5.93. The minimum Gasteiger partial charge on any atom is -0.409 e. The second kappa shape index (κ2) is 4.96. The molecule has 3 N–H and O–H groups in total. The number of fused-ring (bicyclic) bond motifs is 1. The fraction of sp³-hybridized carbons (Fsp3) is 0.0769. The molecule has 0 fully saturated rings. The topological polar surface area (TPSA) is 102 Å². The van der Waals surface area contributed by atoms with Gasteiger partial charge in [0, 0.05) is 11.6 Å². The molecule has 0 aliphatic heterocycles. The van der Waals surface area contributed by atoms with E-state index >= 15 is 0 Å². The van der Waals surface area contributed by atoms with Crippen LogP contribution in [0.3, 0.4) is 0 Å². The number of nitrogens with two attached hydrogens (primary N) is 1. The molecule has 1 aromatic carbocycles. The summed E-state index contributed by atoms with van der Waals surface area (Å²) in [5.41, 5.74) is 7.45. The van der Waals surface area contributed by atoms with E-state index < -0.39 is 0 Å². The van der Waals surface area contributed by atoms with Gasteiger partial charge in [0.25, 0.3) is 0 Å². The van der Waals surface area contributed by atoms with E-state index in [4.69, 9.17) is 10.9 Å². The number of oxime groups is 1. The number of rotatable bonds is 3. The second-order valence-electron chi connectivity index (χ2n) is 4.28. The first-order valence-electron chi connectivity index (χ1n) is 5.97. The fourth-order valence-corrected chi connectivity index (χ4v) is 1.94. The maximum absolute atomic E-state index is 8.57. The molecule has 0 aliphatic carbocycles. The van der Waals surface area contributed by atoms with Gasteiger partial charge in [0.05, 0.1) is 12.1 Å². The third-order valence-electron chi connectivity index (χ3n) is 2.89. The van der Waals surface area contributed by atoms with Gasteiger partial charge in [0.15, 0.2) is 0 Å². The highest BCUT2D eigenvalue weighted by atomic mass is 16.4. The van der Waals surface area contributed by atoms with Crippen LogP contribution < -0.4 is 5.73 Å². The summed E-state index contributed by atoms with van der Waals surface area (Å²) in [6, 6.07) is 9.91. The Kier molecular flexibility index (Phi) is 3.00. The SMILES string of the molecule is NC(=NO)c1ncn(Cc2ccc3ncccc3c2)n1. The lowest BCUT2D eigenvalue weighted by Gasteiger charge is -2.03. The molecular weight excluding hydrogens is 256 g/mol. The van der Waals surface area contributed by atoms with Gasteiger partial charge in [-0.05, 0) is 23.8 Å². The Hall–Kier alpha value is -2.96. The van der Waals surface area contributed by atoms with Crippen molar-refractivity contribution in [2.24, 2.45) is 10.9 Å². The fourth-order valence-electron chi connectivity index (χ4n) is 1.94. The second-order valence-corrected chi connectivity index (χ2v) is 4.28. The van der Waals surface area contributed by atoms with Crippen molar-refractivity contribution in [3.8, 4) is 0 Å². The average Bonchev–Trinajstić information content (AvgIpc) is 2.95. The smallest absolute Gasteiger partial charge is 0.219 e. The molecule has 0 unspecified atom stereocenters. The van der Waals surface area contributed by atoms with Gasteiger partial charge in [-0.25, -0.2) is 9.67 Å². The first-order chi connectivity index (χ1) is 9.76. The zero-order valence-electron chi connectivity index (χ0n) is 10.5. The molecule has 0 saturated carbocycles.